The van der Waals surface area contributed by atoms with Gasteiger partial charge in [-0.25, -0.2) is 0 Å². The molecule has 104 valence electrons. The Balaban J connectivity index is 1.79. The van der Waals surface area contributed by atoms with Gasteiger partial charge in [-0.1, -0.05) is 30.2 Å². The Bertz CT molecular complexity index is 436. The van der Waals surface area contributed by atoms with E-state index in [1.165, 1.54) is 23.1 Å². The minimum absolute atomic E-state index is 0.0207. The minimum Gasteiger partial charge on any atom is -0.354 e. The Morgan fingerprint density at radius 3 is 2.95 bits per heavy atom. The number of nitrogens with one attached hydrogen (secondary N) is 2. The molecule has 0 aliphatic carbocycles. The Hall–Kier alpha value is -1.35. The van der Waals surface area contributed by atoms with Gasteiger partial charge in [0.2, 0.25) is 5.91 Å². The highest BCUT2D eigenvalue weighted by Gasteiger charge is 2.19. The van der Waals surface area contributed by atoms with Gasteiger partial charge in [0, 0.05) is 6.54 Å². The fraction of sp³-hybridized carbons (Fsp3) is 0.562. The molecule has 1 unspecified atom stereocenters. The fourth-order valence-electron chi connectivity index (χ4n) is 2.59. The average molecular weight is 260 g/mol. The maximum absolute atomic E-state index is 12.0. The summed E-state index contributed by atoms with van der Waals surface area (Å²) in [6.45, 7) is 5.92. The molecule has 1 saturated heterocycles. The molecule has 1 fully saturated rings. The normalized spacial score (nSPS) is 19.2. The molecule has 0 spiro atoms. The highest BCUT2D eigenvalue weighted by Crippen LogP contribution is 2.11. The predicted octanol–water partition coefficient (Wildman–Crippen LogP) is 2.10. The standard InChI is InChI=1S/C16H24N2O/c1-12-6-7-13(2)14(11-12)8-10-18-16(19)15-5-3-4-9-17-15/h6-7,11,15,17H,3-5,8-10H2,1-2H3,(H,18,19). The van der Waals surface area contributed by atoms with Crippen LogP contribution >= 0.6 is 0 Å². The van der Waals surface area contributed by atoms with Gasteiger partial charge in [0.1, 0.15) is 0 Å². The van der Waals surface area contributed by atoms with Crippen molar-refractivity contribution in [2.24, 2.45) is 0 Å². The van der Waals surface area contributed by atoms with Crippen LogP contribution in [0.15, 0.2) is 18.2 Å². The van der Waals surface area contributed by atoms with Gasteiger partial charge in [0.15, 0.2) is 0 Å². The Morgan fingerprint density at radius 1 is 1.37 bits per heavy atom. The van der Waals surface area contributed by atoms with E-state index in [4.69, 9.17) is 0 Å². The van der Waals surface area contributed by atoms with E-state index < -0.39 is 0 Å². The molecule has 2 N–H and O–H groups in total. The first-order valence-electron chi connectivity index (χ1n) is 7.24. The maximum atomic E-state index is 12.0. The SMILES string of the molecule is Cc1ccc(C)c(CCNC(=O)C2CCCCN2)c1. The molecule has 19 heavy (non-hydrogen) atoms. The lowest BCUT2D eigenvalue weighted by atomic mass is 10.0. The lowest BCUT2D eigenvalue weighted by molar-refractivity contribution is -0.123. The smallest absolute Gasteiger partial charge is 0.237 e. The molecule has 0 saturated carbocycles. The summed E-state index contributed by atoms with van der Waals surface area (Å²) in [6.07, 6.45) is 4.22. The number of piperidine rings is 1. The molecule has 3 heteroatoms. The average Bonchev–Trinajstić information content (AvgIpc) is 2.43. The van der Waals surface area contributed by atoms with E-state index in [0.29, 0.717) is 0 Å². The second-order valence-corrected chi connectivity index (χ2v) is 5.47. The second kappa shape index (κ2) is 6.71. The zero-order valence-electron chi connectivity index (χ0n) is 12.0. The molecule has 1 aromatic carbocycles. The van der Waals surface area contributed by atoms with Gasteiger partial charge in [-0.15, -0.1) is 0 Å². The van der Waals surface area contributed by atoms with Crippen molar-refractivity contribution in [2.45, 2.75) is 45.6 Å². The van der Waals surface area contributed by atoms with E-state index in [1.807, 2.05) is 0 Å². The van der Waals surface area contributed by atoms with E-state index in [1.54, 1.807) is 0 Å². The highest BCUT2D eigenvalue weighted by atomic mass is 16.2. The summed E-state index contributed by atoms with van der Waals surface area (Å²) in [7, 11) is 0. The number of rotatable bonds is 4. The molecule has 1 heterocycles. The first-order chi connectivity index (χ1) is 9.16. The van der Waals surface area contributed by atoms with Gasteiger partial charge in [0.05, 0.1) is 6.04 Å². The molecule has 3 nitrogen and oxygen atoms in total. The van der Waals surface area contributed by atoms with Crippen molar-refractivity contribution in [3.8, 4) is 0 Å². The molecule has 0 radical (unpaired) electrons. The van der Waals surface area contributed by atoms with Crippen LogP contribution in [0.3, 0.4) is 0 Å². The Morgan fingerprint density at radius 2 is 2.21 bits per heavy atom. The first-order valence-corrected chi connectivity index (χ1v) is 7.24. The summed E-state index contributed by atoms with van der Waals surface area (Å²) >= 11 is 0. The Kier molecular flexibility index (Phi) is 4.97. The van der Waals surface area contributed by atoms with Gasteiger partial charge in [-0.05, 0) is 50.8 Å². The number of hydrogen-bond acceptors (Lipinski definition) is 2. The van der Waals surface area contributed by atoms with Crippen LogP contribution in [-0.4, -0.2) is 25.0 Å². The third-order valence-electron chi connectivity index (χ3n) is 3.83. The number of carbonyl (C=O) groups is 1. The maximum Gasteiger partial charge on any atom is 0.237 e. The van der Waals surface area contributed by atoms with Crippen LogP contribution in [0.4, 0.5) is 0 Å². The van der Waals surface area contributed by atoms with Gasteiger partial charge in [0.25, 0.3) is 0 Å². The van der Waals surface area contributed by atoms with Crippen LogP contribution in [-0.2, 0) is 11.2 Å². The van der Waals surface area contributed by atoms with Gasteiger partial charge in [-0.2, -0.15) is 0 Å². The quantitative estimate of drug-likeness (QED) is 0.870. The molecule has 0 bridgehead atoms. The van der Waals surface area contributed by atoms with Gasteiger partial charge >= 0.3 is 0 Å². The van der Waals surface area contributed by atoms with Crippen LogP contribution in [0.25, 0.3) is 0 Å². The number of hydrogen-bond donors (Lipinski definition) is 2. The number of amides is 1. The van der Waals surface area contributed by atoms with Crippen LogP contribution in [0.5, 0.6) is 0 Å². The van der Waals surface area contributed by atoms with E-state index in [2.05, 4.69) is 42.7 Å². The van der Waals surface area contributed by atoms with Crippen molar-refractivity contribution in [1.29, 1.82) is 0 Å². The van der Waals surface area contributed by atoms with Crippen molar-refractivity contribution in [1.82, 2.24) is 10.6 Å². The van der Waals surface area contributed by atoms with Crippen LogP contribution < -0.4 is 10.6 Å². The van der Waals surface area contributed by atoms with E-state index in [0.717, 1.165) is 32.4 Å². The summed E-state index contributed by atoms with van der Waals surface area (Å²) in [5, 5.41) is 6.32. The van der Waals surface area contributed by atoms with Crippen LogP contribution in [0, 0.1) is 13.8 Å². The summed E-state index contributed by atoms with van der Waals surface area (Å²) in [4.78, 5) is 12.0. The van der Waals surface area contributed by atoms with E-state index in [-0.39, 0.29) is 11.9 Å². The summed E-state index contributed by atoms with van der Waals surface area (Å²) in [6, 6.07) is 6.51. The van der Waals surface area contributed by atoms with Crippen molar-refractivity contribution in [2.75, 3.05) is 13.1 Å². The van der Waals surface area contributed by atoms with Gasteiger partial charge in [-0.3, -0.25) is 4.79 Å². The number of aryl methyl sites for hydroxylation is 2. The predicted molar refractivity (Wildman–Crippen MR) is 78.3 cm³/mol. The Labute approximate surface area is 115 Å². The lowest BCUT2D eigenvalue weighted by Gasteiger charge is -2.22. The first kappa shape index (κ1) is 14.1. The molecule has 1 atom stereocenters. The highest BCUT2D eigenvalue weighted by molar-refractivity contribution is 5.81. The number of carbonyl (C=O) groups excluding carboxylic acids is 1. The van der Waals surface area contributed by atoms with Crippen molar-refractivity contribution >= 4 is 5.91 Å². The third-order valence-corrected chi connectivity index (χ3v) is 3.83. The molecule has 2 rings (SSSR count). The monoisotopic (exact) mass is 260 g/mol. The second-order valence-electron chi connectivity index (χ2n) is 5.47. The third kappa shape index (κ3) is 4.06. The summed E-state index contributed by atoms with van der Waals surface area (Å²) in [5.74, 6) is 0.157. The molecule has 1 aliphatic heterocycles. The van der Waals surface area contributed by atoms with E-state index >= 15 is 0 Å². The lowest BCUT2D eigenvalue weighted by Crippen LogP contribution is -2.47. The van der Waals surface area contributed by atoms with Crippen LogP contribution in [0.2, 0.25) is 0 Å². The van der Waals surface area contributed by atoms with Crippen LogP contribution in [0.1, 0.15) is 36.0 Å². The van der Waals surface area contributed by atoms with Crippen molar-refractivity contribution in [3.05, 3.63) is 34.9 Å². The number of benzene rings is 1. The van der Waals surface area contributed by atoms with Gasteiger partial charge < -0.3 is 10.6 Å². The molecule has 1 aromatic rings. The molecular weight excluding hydrogens is 236 g/mol. The zero-order valence-corrected chi connectivity index (χ0v) is 12.0. The molecular formula is C16H24N2O. The summed E-state index contributed by atoms with van der Waals surface area (Å²) < 4.78 is 0. The van der Waals surface area contributed by atoms with Crippen molar-refractivity contribution in [3.63, 3.8) is 0 Å². The molecule has 1 amide bonds. The zero-order chi connectivity index (χ0) is 13.7. The fourth-order valence-corrected chi connectivity index (χ4v) is 2.59. The van der Waals surface area contributed by atoms with Crippen molar-refractivity contribution < 1.29 is 4.79 Å². The minimum atomic E-state index is 0.0207. The molecule has 1 aliphatic rings. The largest absolute Gasteiger partial charge is 0.354 e. The molecule has 0 aromatic heterocycles. The van der Waals surface area contributed by atoms with E-state index in [9.17, 15) is 4.79 Å². The summed E-state index contributed by atoms with van der Waals surface area (Å²) in [5.41, 5.74) is 3.91. The topological polar surface area (TPSA) is 41.1 Å².